The van der Waals surface area contributed by atoms with Crippen LogP contribution in [0.25, 0.3) is 0 Å². The zero-order valence-corrected chi connectivity index (χ0v) is 42.9. The van der Waals surface area contributed by atoms with Gasteiger partial charge in [0.15, 0.2) is 0 Å². The lowest BCUT2D eigenvalue weighted by Crippen LogP contribution is -2.69. The number of ether oxygens (including phenoxy) is 5. The molecule has 2 amide bonds. The maximum Gasteiger partial charge on any atom is 0.459 e. The van der Waals surface area contributed by atoms with E-state index in [4.69, 9.17) is 16.2 Å². The molecular formula is C35H37ClF40N4O8. The molecule has 88 heavy (non-hydrogen) atoms. The van der Waals surface area contributed by atoms with Crippen LogP contribution in [0.1, 0.15) is 20.8 Å². The largest absolute Gasteiger partial charge is 0.459 e. The summed E-state index contributed by atoms with van der Waals surface area (Å²) in [5.41, 5.74) is 10.2. The molecule has 0 rings (SSSR count). The standard InChI is InChI=1S/C20H15F25N2O5.C7ClF13O2.C4H12N2O.2C2H5F/c1-10(21,22)15(32,33)11(23,24)8(14(29,30)31)51-6(13(26,27)28)7(48)46-2-4-50-5-3-47-9(49)12(25,18(37,38)39)52-17(36,20(43,44)45)16(34,35)19(40,41)42;8-1(22)2(9,5(13,14)15)23-4(12,7(19,20)21)3(10,11)6(16,17)18;5-1-3-7-4-2-6;2*1-2-3/h6,8H,2-5H2,1H3,(H,46,48)(H,47,49);;1-6H2;2*2H2,1H3. The number of rotatable bonds is 24. The van der Waals surface area contributed by atoms with Crippen LogP contribution in [0.5, 0.6) is 0 Å². The molecule has 6 unspecified atom stereocenters. The topological polar surface area (TPSA) is 173 Å². The molecule has 532 valence electrons. The van der Waals surface area contributed by atoms with Gasteiger partial charge in [-0.15, -0.1) is 0 Å². The molecule has 0 heterocycles. The average Bonchev–Trinajstić information content (AvgIpc) is 3.28. The van der Waals surface area contributed by atoms with Gasteiger partial charge in [-0.2, -0.15) is 167 Å². The van der Waals surface area contributed by atoms with Gasteiger partial charge in [-0.1, -0.05) is 0 Å². The first kappa shape index (κ1) is 92.5. The van der Waals surface area contributed by atoms with E-state index >= 15 is 0 Å². The molecule has 0 aromatic heterocycles. The number of alkyl halides is 40. The van der Waals surface area contributed by atoms with Gasteiger partial charge in [-0.25, -0.2) is 0 Å². The van der Waals surface area contributed by atoms with Gasteiger partial charge in [0.2, 0.25) is 12.2 Å². The molecule has 0 aliphatic heterocycles. The van der Waals surface area contributed by atoms with Crippen LogP contribution in [0, 0.1) is 0 Å². The van der Waals surface area contributed by atoms with Gasteiger partial charge in [0.25, 0.3) is 17.1 Å². The van der Waals surface area contributed by atoms with Crippen LogP contribution < -0.4 is 22.1 Å². The van der Waals surface area contributed by atoms with E-state index in [1.807, 2.05) is 4.74 Å². The molecule has 53 heteroatoms. The van der Waals surface area contributed by atoms with Crippen LogP contribution in [-0.2, 0) is 38.1 Å². The van der Waals surface area contributed by atoms with Crippen molar-refractivity contribution in [1.82, 2.24) is 10.6 Å². The van der Waals surface area contributed by atoms with E-state index in [1.165, 1.54) is 13.8 Å². The van der Waals surface area contributed by atoms with Gasteiger partial charge < -0.3 is 36.3 Å². The van der Waals surface area contributed by atoms with Crippen LogP contribution in [0.3, 0.4) is 0 Å². The Kier molecular flexibility index (Phi) is 34.6. The minimum absolute atomic E-state index is 0.250. The first-order valence-corrected chi connectivity index (χ1v) is 21.4. The van der Waals surface area contributed by atoms with Crippen LogP contribution in [0.4, 0.5) is 176 Å². The second-order valence-electron chi connectivity index (χ2n) is 14.9. The summed E-state index contributed by atoms with van der Waals surface area (Å²) in [6.45, 7) is -2.37. The molecule has 6 atom stereocenters. The first-order valence-electron chi connectivity index (χ1n) is 21.1. The van der Waals surface area contributed by atoms with Crippen molar-refractivity contribution in [2.75, 3.05) is 66.0 Å². The van der Waals surface area contributed by atoms with Gasteiger partial charge in [0.1, 0.15) is 0 Å². The highest BCUT2D eigenvalue weighted by Gasteiger charge is 2.88. The highest BCUT2D eigenvalue weighted by atomic mass is 35.5. The van der Waals surface area contributed by atoms with E-state index in [0.29, 0.717) is 31.6 Å². The van der Waals surface area contributed by atoms with Crippen LogP contribution >= 0.6 is 11.6 Å². The molecule has 0 spiro atoms. The third kappa shape index (κ3) is 23.8. The Bertz CT molecular complexity index is 2070. The summed E-state index contributed by atoms with van der Waals surface area (Å²) in [5.74, 6) is -72.1. The molecule has 0 aliphatic rings. The van der Waals surface area contributed by atoms with Crippen molar-refractivity contribution in [3.8, 4) is 0 Å². The third-order valence-electron chi connectivity index (χ3n) is 8.09. The smallest absolute Gasteiger partial charge is 0.379 e. The summed E-state index contributed by atoms with van der Waals surface area (Å²) in [4.78, 5) is 33.4. The molecule has 0 fully saturated rings. The maximum atomic E-state index is 14.3. The van der Waals surface area contributed by atoms with Crippen molar-refractivity contribution >= 4 is 28.7 Å². The van der Waals surface area contributed by atoms with Crippen molar-refractivity contribution in [2.45, 2.75) is 135 Å². The van der Waals surface area contributed by atoms with E-state index in [9.17, 15) is 190 Å². The summed E-state index contributed by atoms with van der Waals surface area (Å²) < 4.78 is 524. The molecule has 0 aromatic rings. The highest BCUT2D eigenvalue weighted by Crippen LogP contribution is 2.59. The minimum Gasteiger partial charge on any atom is -0.379 e. The lowest BCUT2D eigenvalue weighted by atomic mass is 9.99. The van der Waals surface area contributed by atoms with Crippen molar-refractivity contribution in [1.29, 1.82) is 0 Å². The predicted molar refractivity (Wildman–Crippen MR) is 205 cm³/mol. The highest BCUT2D eigenvalue weighted by molar-refractivity contribution is 6.65. The van der Waals surface area contributed by atoms with Crippen LogP contribution in [0.15, 0.2) is 0 Å². The fourth-order valence-corrected chi connectivity index (χ4v) is 4.25. The number of hydrogen-bond acceptors (Lipinski definition) is 10. The molecule has 0 aliphatic carbocycles. The second kappa shape index (κ2) is 32.9. The molecule has 0 saturated carbocycles. The maximum absolute atomic E-state index is 14.3. The lowest BCUT2D eigenvalue weighted by molar-refractivity contribution is -0.491. The number of amides is 2. The summed E-state index contributed by atoms with van der Waals surface area (Å²) in [6, 6.07) is 0. The number of carbonyl (C=O) groups excluding carboxylic acids is 3. The number of carbonyl (C=O) groups is 3. The minimum atomic E-state index is -8.03. The van der Waals surface area contributed by atoms with Crippen molar-refractivity contribution in [3.05, 3.63) is 0 Å². The Labute approximate surface area is 466 Å². The van der Waals surface area contributed by atoms with Gasteiger partial charge in [-0.3, -0.25) is 32.6 Å². The fourth-order valence-electron chi connectivity index (χ4n) is 4.10. The summed E-state index contributed by atoms with van der Waals surface area (Å²) in [7, 11) is 0. The predicted octanol–water partition coefficient (Wildman–Crippen LogP) is 12.0. The Balaban J connectivity index is -0.000000519. The normalized spacial score (nSPS) is 17.2. The molecule has 0 bridgehead atoms. The Morgan fingerprint density at radius 2 is 0.727 bits per heavy atom. The van der Waals surface area contributed by atoms with Gasteiger partial charge >= 0.3 is 102 Å². The molecule has 6 N–H and O–H groups in total. The monoisotopic (exact) mass is 1440 g/mol. The van der Waals surface area contributed by atoms with Gasteiger partial charge in [0.05, 0.1) is 39.8 Å². The Morgan fingerprint density at radius 3 is 0.966 bits per heavy atom. The van der Waals surface area contributed by atoms with E-state index in [0.717, 1.165) is 5.32 Å². The van der Waals surface area contributed by atoms with Crippen molar-refractivity contribution in [2.24, 2.45) is 11.5 Å². The molecule has 0 saturated heterocycles. The van der Waals surface area contributed by atoms with Crippen LogP contribution in [0.2, 0.25) is 0 Å². The molecule has 0 aromatic carbocycles. The van der Waals surface area contributed by atoms with Crippen LogP contribution in [-0.4, -0.2) is 198 Å². The summed E-state index contributed by atoms with van der Waals surface area (Å²) in [5, 5.41) is -2.27. The number of nitrogens with one attached hydrogen (secondary N) is 2. The Morgan fingerprint density at radius 1 is 0.432 bits per heavy atom. The zero-order chi connectivity index (χ0) is 72.4. The average molecular weight is 1440 g/mol. The van der Waals surface area contributed by atoms with Crippen molar-refractivity contribution < 1.29 is 214 Å². The third-order valence-corrected chi connectivity index (χ3v) is 8.33. The molecule has 0 radical (unpaired) electrons. The van der Waals surface area contributed by atoms with E-state index < -0.39 is 165 Å². The zero-order valence-electron chi connectivity index (χ0n) is 42.1. The quantitative estimate of drug-likeness (QED) is 0.0414. The summed E-state index contributed by atoms with van der Waals surface area (Å²) >= 11 is 3.87. The van der Waals surface area contributed by atoms with E-state index in [2.05, 4.69) is 21.1 Å². The fraction of sp³-hybridized carbons (Fsp3) is 0.914. The SMILES string of the molecule is CC(F)(F)C(F)(F)C(F)(F)C(OC(C(=O)NCCOCCNC(=O)C(F)(OC(F)(C(F)(F)F)C(F)(F)C(F)(F)F)C(F)(F)F)C(F)(F)F)C(F)(F)F.CCF.CCF.NCCOCCN.O=C(Cl)C(F)(OC(F)(C(F)(F)F)C(F)(F)C(F)(F)F)C(F)(F)F. The number of halogens is 41. The van der Waals surface area contributed by atoms with Gasteiger partial charge in [-0.05, 0) is 25.4 Å². The first-order chi connectivity index (χ1) is 38.4. The van der Waals surface area contributed by atoms with Crippen molar-refractivity contribution in [3.63, 3.8) is 0 Å². The summed E-state index contributed by atoms with van der Waals surface area (Å²) in [6.07, 6.45) is -69.2. The molecule has 12 nitrogen and oxygen atoms in total. The van der Waals surface area contributed by atoms with Gasteiger partial charge in [0, 0.05) is 33.1 Å². The lowest BCUT2D eigenvalue weighted by Gasteiger charge is -2.39. The number of nitrogens with two attached hydrogens (primary N) is 2. The van der Waals surface area contributed by atoms with E-state index in [-0.39, 0.29) is 13.3 Å². The molecular weight excluding hydrogens is 1400 g/mol. The Hall–Kier alpha value is -4.18. The number of hydrogen-bond donors (Lipinski definition) is 4. The second-order valence-corrected chi connectivity index (χ2v) is 15.3. The van der Waals surface area contributed by atoms with E-state index in [1.54, 1.807) is 4.74 Å².